The number of phenols is 1. The van der Waals surface area contributed by atoms with Crippen molar-refractivity contribution in [2.24, 2.45) is 0 Å². The molecule has 2 aromatic carbocycles. The predicted octanol–water partition coefficient (Wildman–Crippen LogP) is 2.56. The maximum absolute atomic E-state index is 13.4. The van der Waals surface area contributed by atoms with Gasteiger partial charge in [0.25, 0.3) is 0 Å². The molecule has 0 fully saturated rings. The fourth-order valence-electron chi connectivity index (χ4n) is 1.70. The van der Waals surface area contributed by atoms with Crippen LogP contribution in [0.25, 0.3) is 0 Å². The number of hydrogen-bond donors (Lipinski definition) is 3. The van der Waals surface area contributed by atoms with Crippen LogP contribution in [-0.4, -0.2) is 16.9 Å². The molecule has 7 heteroatoms. The molecule has 0 unspecified atom stereocenters. The number of benzene rings is 2. The first-order valence-corrected chi connectivity index (χ1v) is 6.24. The molecule has 2 amide bonds. The lowest BCUT2D eigenvalue weighted by Gasteiger charge is -2.09. The molecule has 0 aliphatic heterocycles. The third-order valence-electron chi connectivity index (χ3n) is 2.78. The zero-order valence-electron chi connectivity index (χ0n) is 11.5. The van der Waals surface area contributed by atoms with E-state index in [0.29, 0.717) is 0 Å². The molecule has 0 saturated heterocycles. The monoisotopic (exact) mass is 306 g/mol. The number of phenolic OH excluding ortho intramolecular Hbond substituents is 1. The van der Waals surface area contributed by atoms with E-state index in [9.17, 15) is 23.5 Å². The van der Waals surface area contributed by atoms with Crippen LogP contribution in [0.5, 0.6) is 5.75 Å². The Kier molecular flexibility index (Phi) is 4.36. The van der Waals surface area contributed by atoms with Gasteiger partial charge in [0.05, 0.1) is 11.4 Å². The third kappa shape index (κ3) is 3.57. The van der Waals surface area contributed by atoms with E-state index in [1.165, 1.54) is 12.1 Å². The summed E-state index contributed by atoms with van der Waals surface area (Å²) in [5.41, 5.74) is 0.346. The third-order valence-corrected chi connectivity index (χ3v) is 2.78. The van der Waals surface area contributed by atoms with Crippen molar-refractivity contribution in [3.63, 3.8) is 0 Å². The van der Waals surface area contributed by atoms with Crippen molar-refractivity contribution in [3.05, 3.63) is 53.6 Å². The number of nitrogens with one attached hydrogen (secondary N) is 2. The van der Waals surface area contributed by atoms with Crippen LogP contribution in [0.15, 0.2) is 36.4 Å². The minimum Gasteiger partial charge on any atom is -0.506 e. The Labute approximate surface area is 124 Å². The smallest absolute Gasteiger partial charge is 0.314 e. The number of hydrogen-bond acceptors (Lipinski definition) is 3. The normalized spacial score (nSPS) is 10.1. The van der Waals surface area contributed by atoms with Gasteiger partial charge in [0.15, 0.2) is 0 Å². The zero-order valence-corrected chi connectivity index (χ0v) is 11.5. The first kappa shape index (κ1) is 15.4. The van der Waals surface area contributed by atoms with Gasteiger partial charge in [0.1, 0.15) is 17.4 Å². The van der Waals surface area contributed by atoms with Crippen molar-refractivity contribution in [3.8, 4) is 5.75 Å². The zero-order chi connectivity index (χ0) is 16.3. The maximum atomic E-state index is 13.4. The second-order valence-electron chi connectivity index (χ2n) is 4.55. The fourth-order valence-corrected chi connectivity index (χ4v) is 1.70. The van der Waals surface area contributed by atoms with Crippen molar-refractivity contribution >= 4 is 23.2 Å². The summed E-state index contributed by atoms with van der Waals surface area (Å²) in [5, 5.41) is 13.7. The minimum atomic E-state index is -1.19. The van der Waals surface area contributed by atoms with Gasteiger partial charge in [-0.25, -0.2) is 8.78 Å². The Morgan fingerprint density at radius 1 is 0.955 bits per heavy atom. The first-order valence-electron chi connectivity index (χ1n) is 6.24. The van der Waals surface area contributed by atoms with Crippen molar-refractivity contribution < 1.29 is 23.5 Å². The molecular formula is C15H12F2N2O3. The summed E-state index contributed by atoms with van der Waals surface area (Å²) in [6, 6.07) is 6.90. The predicted molar refractivity (Wildman–Crippen MR) is 76.5 cm³/mol. The molecule has 0 aromatic heterocycles. The van der Waals surface area contributed by atoms with Gasteiger partial charge in [-0.1, -0.05) is 6.07 Å². The molecule has 0 spiro atoms. The molecule has 0 bridgehead atoms. The van der Waals surface area contributed by atoms with E-state index in [0.717, 1.165) is 23.8 Å². The summed E-state index contributed by atoms with van der Waals surface area (Å²) < 4.78 is 26.4. The van der Waals surface area contributed by atoms with Crippen molar-refractivity contribution in [1.29, 1.82) is 0 Å². The number of rotatable bonds is 2. The number of aryl methyl sites for hydroxylation is 1. The van der Waals surface area contributed by atoms with E-state index >= 15 is 0 Å². The van der Waals surface area contributed by atoms with Crippen molar-refractivity contribution in [2.45, 2.75) is 6.92 Å². The van der Waals surface area contributed by atoms with Gasteiger partial charge in [0.2, 0.25) is 0 Å². The van der Waals surface area contributed by atoms with Gasteiger partial charge in [0, 0.05) is 6.07 Å². The molecular weight excluding hydrogens is 294 g/mol. The van der Waals surface area contributed by atoms with Crippen LogP contribution in [0.1, 0.15) is 5.56 Å². The van der Waals surface area contributed by atoms with E-state index in [4.69, 9.17) is 0 Å². The standard InChI is InChI=1S/C15H12F2N2O3/c1-8-2-5-13(20)12(6-8)19-15(22)14(21)18-11-7-9(16)3-4-10(11)17/h2-7,20H,1H3,(H,18,21)(H,19,22). The van der Waals surface area contributed by atoms with E-state index in [1.54, 1.807) is 13.0 Å². The Bertz CT molecular complexity index is 684. The van der Waals surface area contributed by atoms with Crippen LogP contribution in [0.4, 0.5) is 20.2 Å². The van der Waals surface area contributed by atoms with Crippen LogP contribution < -0.4 is 10.6 Å². The van der Waals surface area contributed by atoms with Crippen LogP contribution in [0, 0.1) is 18.6 Å². The van der Waals surface area contributed by atoms with E-state index in [-0.39, 0.29) is 11.4 Å². The molecule has 0 aliphatic rings. The number of halogens is 2. The highest BCUT2D eigenvalue weighted by Gasteiger charge is 2.17. The molecule has 3 N–H and O–H groups in total. The van der Waals surface area contributed by atoms with Crippen LogP contribution in [0.2, 0.25) is 0 Å². The molecule has 0 saturated carbocycles. The SMILES string of the molecule is Cc1ccc(O)c(NC(=O)C(=O)Nc2cc(F)ccc2F)c1. The van der Waals surface area contributed by atoms with E-state index in [1.807, 2.05) is 5.32 Å². The van der Waals surface area contributed by atoms with Crippen molar-refractivity contribution in [1.82, 2.24) is 0 Å². The fraction of sp³-hybridized carbons (Fsp3) is 0.0667. The van der Waals surface area contributed by atoms with E-state index in [2.05, 4.69) is 5.32 Å². The molecule has 2 aromatic rings. The summed E-state index contributed by atoms with van der Waals surface area (Å²) in [6.45, 7) is 1.73. The second-order valence-corrected chi connectivity index (χ2v) is 4.55. The highest BCUT2D eigenvalue weighted by Crippen LogP contribution is 2.23. The number of anilines is 2. The molecule has 5 nitrogen and oxygen atoms in total. The molecule has 114 valence electrons. The topological polar surface area (TPSA) is 78.4 Å². The van der Waals surface area contributed by atoms with Crippen molar-refractivity contribution in [2.75, 3.05) is 10.6 Å². The Morgan fingerprint density at radius 2 is 1.59 bits per heavy atom. The first-order chi connectivity index (χ1) is 10.4. The van der Waals surface area contributed by atoms with Crippen LogP contribution >= 0.6 is 0 Å². The van der Waals surface area contributed by atoms with E-state index < -0.39 is 29.1 Å². The average Bonchev–Trinajstić information content (AvgIpc) is 2.46. The number of aromatic hydroxyl groups is 1. The minimum absolute atomic E-state index is 0.0415. The second kappa shape index (κ2) is 6.21. The Morgan fingerprint density at radius 3 is 2.27 bits per heavy atom. The molecule has 2 rings (SSSR count). The van der Waals surface area contributed by atoms with Gasteiger partial charge in [-0.2, -0.15) is 0 Å². The lowest BCUT2D eigenvalue weighted by Crippen LogP contribution is -2.29. The maximum Gasteiger partial charge on any atom is 0.314 e. The van der Waals surface area contributed by atoms with Gasteiger partial charge in [-0.05, 0) is 36.8 Å². The highest BCUT2D eigenvalue weighted by molar-refractivity contribution is 6.43. The molecule has 0 atom stereocenters. The number of amides is 2. The molecule has 0 heterocycles. The summed E-state index contributed by atoms with van der Waals surface area (Å²) in [4.78, 5) is 23.4. The molecule has 0 aliphatic carbocycles. The summed E-state index contributed by atoms with van der Waals surface area (Å²) >= 11 is 0. The largest absolute Gasteiger partial charge is 0.506 e. The summed E-state index contributed by atoms with van der Waals surface area (Å²) in [6.07, 6.45) is 0. The number of carbonyl (C=O) groups excluding carboxylic acids is 2. The average molecular weight is 306 g/mol. The quantitative estimate of drug-likeness (QED) is 0.589. The van der Waals surface area contributed by atoms with Gasteiger partial charge >= 0.3 is 11.8 Å². The van der Waals surface area contributed by atoms with Gasteiger partial charge < -0.3 is 15.7 Å². The lowest BCUT2D eigenvalue weighted by atomic mass is 10.2. The summed E-state index contributed by atoms with van der Waals surface area (Å²) in [7, 11) is 0. The van der Waals surface area contributed by atoms with Gasteiger partial charge in [-0.15, -0.1) is 0 Å². The molecule has 22 heavy (non-hydrogen) atoms. The lowest BCUT2D eigenvalue weighted by molar-refractivity contribution is -0.133. The Balaban J connectivity index is 2.11. The summed E-state index contributed by atoms with van der Waals surface area (Å²) in [5.74, 6) is -4.16. The highest BCUT2D eigenvalue weighted by atomic mass is 19.1. The number of carbonyl (C=O) groups is 2. The van der Waals surface area contributed by atoms with Crippen LogP contribution in [0.3, 0.4) is 0 Å². The molecule has 0 radical (unpaired) electrons. The van der Waals surface area contributed by atoms with Crippen LogP contribution in [-0.2, 0) is 9.59 Å². The van der Waals surface area contributed by atoms with Gasteiger partial charge in [-0.3, -0.25) is 9.59 Å². The Hall–Kier alpha value is -2.96.